The first-order valence-corrected chi connectivity index (χ1v) is 12.6. The molecule has 0 unspecified atom stereocenters. The molecule has 0 bridgehead atoms. The molecular formula is C29H29FN2O5. The Morgan fingerprint density at radius 1 is 0.919 bits per heavy atom. The number of rotatable bonds is 6. The Hall–Kier alpha value is -4.07. The van der Waals surface area contributed by atoms with E-state index in [4.69, 9.17) is 9.47 Å². The number of anilines is 1. The van der Waals surface area contributed by atoms with E-state index < -0.39 is 23.9 Å². The second kappa shape index (κ2) is 10.9. The number of halogens is 1. The molecule has 0 saturated heterocycles. The van der Waals surface area contributed by atoms with E-state index in [1.165, 1.54) is 41.3 Å². The van der Waals surface area contributed by atoms with E-state index in [0.29, 0.717) is 22.7 Å². The molecule has 1 saturated carbocycles. The van der Waals surface area contributed by atoms with Gasteiger partial charge in [-0.15, -0.1) is 0 Å². The summed E-state index contributed by atoms with van der Waals surface area (Å²) in [5.74, 6) is -0.319. The van der Waals surface area contributed by atoms with Crippen LogP contribution in [-0.4, -0.2) is 35.7 Å². The highest BCUT2D eigenvalue weighted by molar-refractivity contribution is 6.03. The summed E-state index contributed by atoms with van der Waals surface area (Å²) in [4.78, 5) is 29.3. The molecule has 0 spiro atoms. The third-order valence-corrected chi connectivity index (χ3v) is 6.79. The van der Waals surface area contributed by atoms with Crippen molar-refractivity contribution in [2.45, 2.75) is 50.3 Å². The number of phenolic OH excluding ortho intramolecular Hbond substituents is 1. The Morgan fingerprint density at radius 3 is 2.30 bits per heavy atom. The van der Waals surface area contributed by atoms with Crippen LogP contribution in [0.3, 0.4) is 0 Å². The zero-order valence-electron chi connectivity index (χ0n) is 20.3. The fraction of sp³-hybridized carbons (Fsp3) is 0.310. The predicted molar refractivity (Wildman–Crippen MR) is 136 cm³/mol. The number of carbonyl (C=O) groups is 2. The van der Waals surface area contributed by atoms with E-state index in [0.717, 1.165) is 32.1 Å². The molecule has 5 rings (SSSR count). The molecule has 3 aromatic rings. The maximum Gasteiger partial charge on any atom is 0.272 e. The zero-order chi connectivity index (χ0) is 25.8. The normalized spacial score (nSPS) is 18.0. The summed E-state index contributed by atoms with van der Waals surface area (Å²) < 4.78 is 25.6. The van der Waals surface area contributed by atoms with E-state index in [1.54, 1.807) is 30.3 Å². The van der Waals surface area contributed by atoms with Gasteiger partial charge in [0.05, 0.1) is 0 Å². The fourth-order valence-corrected chi connectivity index (χ4v) is 4.90. The van der Waals surface area contributed by atoms with Gasteiger partial charge in [-0.05, 0) is 66.9 Å². The molecule has 2 atom stereocenters. The van der Waals surface area contributed by atoms with Crippen molar-refractivity contribution < 1.29 is 28.6 Å². The Kier molecular flexibility index (Phi) is 7.25. The van der Waals surface area contributed by atoms with E-state index in [1.807, 2.05) is 6.07 Å². The van der Waals surface area contributed by atoms with Crippen LogP contribution in [0.1, 0.15) is 43.7 Å². The number of benzene rings is 3. The number of ether oxygens (including phenoxy) is 2. The van der Waals surface area contributed by atoms with Gasteiger partial charge in [0.1, 0.15) is 24.2 Å². The van der Waals surface area contributed by atoms with E-state index >= 15 is 0 Å². The molecule has 2 amide bonds. The van der Waals surface area contributed by atoms with Crippen LogP contribution in [-0.2, 0) is 9.59 Å². The molecule has 0 radical (unpaired) electrons. The number of nitrogens with zero attached hydrogens (tertiary/aromatic N) is 1. The molecule has 2 N–H and O–H groups in total. The summed E-state index contributed by atoms with van der Waals surface area (Å²) in [6.45, 7) is -0.0416. The summed E-state index contributed by atoms with van der Waals surface area (Å²) in [7, 11) is 0. The average molecular weight is 505 g/mol. The van der Waals surface area contributed by atoms with Crippen LogP contribution >= 0.6 is 0 Å². The Bertz CT molecular complexity index is 1240. The Morgan fingerprint density at radius 2 is 1.59 bits per heavy atom. The summed E-state index contributed by atoms with van der Waals surface area (Å²) in [5.41, 5.74) is 0.839. The molecule has 1 heterocycles. The largest absolute Gasteiger partial charge is 0.508 e. The highest BCUT2D eigenvalue weighted by Gasteiger charge is 2.39. The third kappa shape index (κ3) is 5.53. The fourth-order valence-electron chi connectivity index (χ4n) is 4.90. The topological polar surface area (TPSA) is 88.1 Å². The molecule has 1 fully saturated rings. The molecule has 7 nitrogen and oxygen atoms in total. The molecule has 1 aliphatic heterocycles. The van der Waals surface area contributed by atoms with Gasteiger partial charge < -0.3 is 19.9 Å². The molecule has 3 aromatic carbocycles. The minimum Gasteiger partial charge on any atom is -0.508 e. The number of hydrogen-bond acceptors (Lipinski definition) is 5. The average Bonchev–Trinajstić information content (AvgIpc) is 2.93. The van der Waals surface area contributed by atoms with Crippen LogP contribution < -0.4 is 19.7 Å². The maximum atomic E-state index is 14.1. The molecular weight excluding hydrogens is 475 g/mol. The molecule has 192 valence electrons. The van der Waals surface area contributed by atoms with Gasteiger partial charge in [-0.1, -0.05) is 43.5 Å². The van der Waals surface area contributed by atoms with Gasteiger partial charge in [0.2, 0.25) is 12.0 Å². The minimum absolute atomic E-state index is 0.00664. The Balaban J connectivity index is 1.54. The van der Waals surface area contributed by atoms with Gasteiger partial charge in [0.25, 0.3) is 5.91 Å². The van der Waals surface area contributed by atoms with Crippen LogP contribution in [0, 0.1) is 5.82 Å². The lowest BCUT2D eigenvalue weighted by Gasteiger charge is -2.36. The number of amides is 2. The summed E-state index contributed by atoms with van der Waals surface area (Å²) in [5, 5.41) is 13.0. The van der Waals surface area contributed by atoms with Crippen molar-refractivity contribution in [2.24, 2.45) is 0 Å². The molecule has 0 aromatic heterocycles. The molecule has 8 heteroatoms. The molecule has 2 aliphatic rings. The standard InChI is InChI=1S/C29H29FN2O5/c30-20-12-14-22(15-13-20)32(29(35)26-18-36-24-8-4-5-9-25(24)37-26)27(19-10-16-23(33)17-11-19)28(34)31-21-6-2-1-3-7-21/h4-5,8-17,21,26-27,33H,1-3,6-7,18H2,(H,31,34)/t26-,27-/m1/s1. The van der Waals surface area contributed by atoms with Crippen molar-refractivity contribution in [1.82, 2.24) is 5.32 Å². The van der Waals surface area contributed by atoms with Crippen molar-refractivity contribution in [1.29, 1.82) is 0 Å². The number of nitrogens with one attached hydrogen (secondary N) is 1. The van der Waals surface area contributed by atoms with Crippen molar-refractivity contribution >= 4 is 17.5 Å². The Labute approximate surface area is 214 Å². The number of para-hydroxylation sites is 2. The monoisotopic (exact) mass is 504 g/mol. The number of aromatic hydroxyl groups is 1. The third-order valence-electron chi connectivity index (χ3n) is 6.79. The highest BCUT2D eigenvalue weighted by atomic mass is 19.1. The predicted octanol–water partition coefficient (Wildman–Crippen LogP) is 4.89. The van der Waals surface area contributed by atoms with E-state index in [-0.39, 0.29) is 24.3 Å². The van der Waals surface area contributed by atoms with Gasteiger partial charge in [0.15, 0.2) is 11.5 Å². The molecule has 1 aliphatic carbocycles. The summed E-state index contributed by atoms with van der Waals surface area (Å²) >= 11 is 0. The lowest BCUT2D eigenvalue weighted by molar-refractivity contribution is -0.132. The van der Waals surface area contributed by atoms with Crippen molar-refractivity contribution in [2.75, 3.05) is 11.5 Å². The van der Waals surface area contributed by atoms with Crippen LogP contribution in [0.4, 0.5) is 10.1 Å². The maximum absolute atomic E-state index is 14.1. The first kappa shape index (κ1) is 24.6. The number of fused-ring (bicyclic) bond motifs is 1. The van der Waals surface area contributed by atoms with E-state index in [2.05, 4.69) is 5.32 Å². The second-order valence-corrected chi connectivity index (χ2v) is 9.39. The smallest absolute Gasteiger partial charge is 0.272 e. The van der Waals surface area contributed by atoms with Crippen molar-refractivity contribution in [3.8, 4) is 17.2 Å². The van der Waals surface area contributed by atoms with Gasteiger partial charge in [-0.25, -0.2) is 4.39 Å². The van der Waals surface area contributed by atoms with Crippen LogP contribution in [0.2, 0.25) is 0 Å². The SMILES string of the molecule is O=C(NC1CCCCC1)[C@@H](c1ccc(O)cc1)N(C(=O)[C@H]1COc2ccccc2O1)c1ccc(F)cc1. The molecule has 37 heavy (non-hydrogen) atoms. The highest BCUT2D eigenvalue weighted by Crippen LogP contribution is 2.35. The zero-order valence-corrected chi connectivity index (χ0v) is 20.3. The first-order chi connectivity index (χ1) is 18.0. The number of hydrogen-bond donors (Lipinski definition) is 2. The number of phenols is 1. The van der Waals surface area contributed by atoms with Gasteiger partial charge in [0, 0.05) is 11.7 Å². The van der Waals surface area contributed by atoms with Crippen molar-refractivity contribution in [3.05, 3.63) is 84.2 Å². The van der Waals surface area contributed by atoms with Crippen LogP contribution in [0.15, 0.2) is 72.8 Å². The van der Waals surface area contributed by atoms with Crippen LogP contribution in [0.25, 0.3) is 0 Å². The second-order valence-electron chi connectivity index (χ2n) is 9.39. The minimum atomic E-state index is -1.08. The van der Waals surface area contributed by atoms with E-state index in [9.17, 15) is 19.1 Å². The van der Waals surface area contributed by atoms with Crippen molar-refractivity contribution in [3.63, 3.8) is 0 Å². The summed E-state index contributed by atoms with van der Waals surface area (Å²) in [6, 6.07) is 17.6. The lowest BCUT2D eigenvalue weighted by Crippen LogP contribution is -2.52. The number of carbonyl (C=O) groups excluding carboxylic acids is 2. The quantitative estimate of drug-likeness (QED) is 0.499. The van der Waals surface area contributed by atoms with Gasteiger partial charge in [-0.2, -0.15) is 0 Å². The van der Waals surface area contributed by atoms with Gasteiger partial charge in [-0.3, -0.25) is 14.5 Å². The lowest BCUT2D eigenvalue weighted by atomic mass is 9.94. The first-order valence-electron chi connectivity index (χ1n) is 12.6. The summed E-state index contributed by atoms with van der Waals surface area (Å²) in [6.07, 6.45) is 3.91. The van der Waals surface area contributed by atoms with Gasteiger partial charge >= 0.3 is 0 Å². The van der Waals surface area contributed by atoms with Crippen LogP contribution in [0.5, 0.6) is 17.2 Å².